The molecule has 2 saturated heterocycles. The van der Waals surface area contributed by atoms with Crippen LogP contribution in [-0.2, 0) is 4.74 Å². The number of hydrogen-bond acceptors (Lipinski definition) is 6. The van der Waals surface area contributed by atoms with Crippen LogP contribution in [-0.4, -0.2) is 63.7 Å². The summed E-state index contributed by atoms with van der Waals surface area (Å²) in [5.74, 6) is 0.865. The zero-order valence-corrected chi connectivity index (χ0v) is 14.8. The van der Waals surface area contributed by atoms with E-state index in [0.717, 1.165) is 12.0 Å². The van der Waals surface area contributed by atoms with E-state index in [9.17, 15) is 9.59 Å². The molecular weight excluding hydrogens is 336 g/mol. The van der Waals surface area contributed by atoms with Gasteiger partial charge in [-0.15, -0.1) is 0 Å². The molecule has 26 heavy (non-hydrogen) atoms. The first kappa shape index (κ1) is 16.6. The van der Waals surface area contributed by atoms with Crippen LogP contribution >= 0.6 is 0 Å². The second kappa shape index (κ2) is 6.12. The van der Waals surface area contributed by atoms with E-state index in [4.69, 9.17) is 9.26 Å². The molecule has 1 aromatic carbocycles. The van der Waals surface area contributed by atoms with E-state index >= 15 is 0 Å². The summed E-state index contributed by atoms with van der Waals surface area (Å²) in [5.41, 5.74) is 0.874. The number of amides is 2. The Morgan fingerprint density at radius 2 is 2.19 bits per heavy atom. The summed E-state index contributed by atoms with van der Waals surface area (Å²) in [6.45, 7) is 5.51. The lowest BCUT2D eigenvalue weighted by Crippen LogP contribution is -2.62. The lowest BCUT2D eigenvalue weighted by Gasteiger charge is -2.44. The van der Waals surface area contributed by atoms with E-state index < -0.39 is 5.54 Å². The fourth-order valence-corrected chi connectivity index (χ4v) is 3.63. The molecule has 2 aromatic rings. The van der Waals surface area contributed by atoms with Crippen molar-refractivity contribution in [2.24, 2.45) is 0 Å². The number of aromatic nitrogens is 2. The van der Waals surface area contributed by atoms with Gasteiger partial charge in [0, 0.05) is 37.7 Å². The number of carbonyl (C=O) groups is 2. The second-order valence-corrected chi connectivity index (χ2v) is 6.73. The lowest BCUT2D eigenvalue weighted by molar-refractivity contribution is 0.0362. The Kier molecular flexibility index (Phi) is 3.90. The van der Waals surface area contributed by atoms with Gasteiger partial charge < -0.3 is 14.2 Å². The summed E-state index contributed by atoms with van der Waals surface area (Å²) in [7, 11) is 0. The summed E-state index contributed by atoms with van der Waals surface area (Å²) in [5, 5.41) is 3.90. The largest absolute Gasteiger partial charge is 0.447 e. The van der Waals surface area contributed by atoms with E-state index in [1.807, 2.05) is 19.1 Å². The van der Waals surface area contributed by atoms with Crippen LogP contribution in [0.3, 0.4) is 0 Å². The number of hydrogen-bond donors (Lipinski definition) is 0. The molecule has 8 heteroatoms. The van der Waals surface area contributed by atoms with Gasteiger partial charge in [-0.1, -0.05) is 24.2 Å². The van der Waals surface area contributed by atoms with Crippen LogP contribution in [0.15, 0.2) is 28.8 Å². The van der Waals surface area contributed by atoms with Gasteiger partial charge in [0.25, 0.3) is 5.91 Å². The van der Waals surface area contributed by atoms with E-state index in [1.165, 1.54) is 0 Å². The smallest absolute Gasteiger partial charge is 0.410 e. The van der Waals surface area contributed by atoms with Crippen LogP contribution in [0.2, 0.25) is 0 Å². The zero-order chi connectivity index (χ0) is 18.3. The van der Waals surface area contributed by atoms with Crippen molar-refractivity contribution < 1.29 is 18.8 Å². The Morgan fingerprint density at radius 3 is 2.92 bits per heavy atom. The molecule has 4 rings (SSSR count). The molecule has 0 spiro atoms. The molecule has 3 heterocycles. The van der Waals surface area contributed by atoms with Crippen LogP contribution in [0.5, 0.6) is 0 Å². The minimum Gasteiger partial charge on any atom is -0.447 e. The monoisotopic (exact) mass is 356 g/mol. The first-order valence-corrected chi connectivity index (χ1v) is 8.67. The van der Waals surface area contributed by atoms with Gasteiger partial charge in [0.1, 0.15) is 6.61 Å². The third kappa shape index (κ3) is 2.61. The average molecular weight is 356 g/mol. The maximum Gasteiger partial charge on any atom is 0.410 e. The Balaban J connectivity index is 1.58. The molecule has 0 N–H and O–H groups in total. The molecule has 136 valence electrons. The summed E-state index contributed by atoms with van der Waals surface area (Å²) in [4.78, 5) is 32.7. The highest BCUT2D eigenvalue weighted by molar-refractivity contribution is 5.95. The highest BCUT2D eigenvalue weighted by Crippen LogP contribution is 2.32. The predicted octanol–water partition coefficient (Wildman–Crippen LogP) is 2.10. The van der Waals surface area contributed by atoms with Gasteiger partial charge in [-0.2, -0.15) is 4.98 Å². The number of piperazine rings is 1. The fourth-order valence-electron chi connectivity index (χ4n) is 3.63. The molecule has 1 unspecified atom stereocenters. The number of fused-ring (bicyclic) bond motifs is 1. The van der Waals surface area contributed by atoms with Gasteiger partial charge in [0.05, 0.1) is 5.54 Å². The normalized spacial score (nSPS) is 22.3. The Morgan fingerprint density at radius 1 is 1.35 bits per heavy atom. The molecule has 8 nitrogen and oxygen atoms in total. The minimum absolute atomic E-state index is 0.0705. The molecule has 0 saturated carbocycles. The number of ether oxygens (including phenoxy) is 1. The Bertz CT molecular complexity index is 864. The SMILES string of the molecule is CCC12COC(=O)N1CCN(C(=O)c1cccc(-c3noc(C)n3)c1)C2. The molecule has 1 atom stereocenters. The van der Waals surface area contributed by atoms with E-state index in [-0.39, 0.29) is 12.0 Å². The molecule has 2 aliphatic heterocycles. The first-order chi connectivity index (χ1) is 12.5. The fraction of sp³-hybridized carbons (Fsp3) is 0.444. The third-order valence-electron chi connectivity index (χ3n) is 5.18. The van der Waals surface area contributed by atoms with Crippen molar-refractivity contribution in [1.29, 1.82) is 0 Å². The standard InChI is InChI=1S/C18H20N4O4/c1-3-18-10-21(7-8-22(18)17(24)25-11-18)16(23)14-6-4-5-13(9-14)15-19-12(2)26-20-15/h4-6,9H,3,7-8,10-11H2,1-2H3. The molecule has 2 aliphatic rings. The van der Waals surface area contributed by atoms with Crippen molar-refractivity contribution in [2.75, 3.05) is 26.2 Å². The van der Waals surface area contributed by atoms with Crippen LogP contribution in [0, 0.1) is 6.92 Å². The van der Waals surface area contributed by atoms with Crippen LogP contribution < -0.4 is 0 Å². The summed E-state index contributed by atoms with van der Waals surface area (Å²) in [6, 6.07) is 7.20. The number of nitrogens with zero attached hydrogens (tertiary/aromatic N) is 4. The molecule has 2 fully saturated rings. The molecule has 2 amide bonds. The van der Waals surface area contributed by atoms with Gasteiger partial charge in [-0.05, 0) is 18.6 Å². The maximum absolute atomic E-state index is 13.0. The highest BCUT2D eigenvalue weighted by Gasteiger charge is 2.50. The van der Waals surface area contributed by atoms with Crippen molar-refractivity contribution >= 4 is 12.0 Å². The van der Waals surface area contributed by atoms with Gasteiger partial charge in [-0.25, -0.2) is 4.79 Å². The molecule has 0 bridgehead atoms. The number of rotatable bonds is 3. The quantitative estimate of drug-likeness (QED) is 0.837. The van der Waals surface area contributed by atoms with Crippen LogP contribution in [0.4, 0.5) is 4.79 Å². The number of cyclic esters (lactones) is 1. The summed E-state index contributed by atoms with van der Waals surface area (Å²) in [6.07, 6.45) is 0.457. The second-order valence-electron chi connectivity index (χ2n) is 6.73. The topological polar surface area (TPSA) is 88.8 Å². The number of carbonyl (C=O) groups excluding carboxylic acids is 2. The maximum atomic E-state index is 13.0. The van der Waals surface area contributed by atoms with Gasteiger partial charge in [0.15, 0.2) is 0 Å². The molecule has 0 aliphatic carbocycles. The van der Waals surface area contributed by atoms with E-state index in [1.54, 1.807) is 28.9 Å². The minimum atomic E-state index is -0.423. The Labute approximate surface area is 150 Å². The summed E-state index contributed by atoms with van der Waals surface area (Å²) < 4.78 is 10.2. The van der Waals surface area contributed by atoms with Gasteiger partial charge in [0.2, 0.25) is 11.7 Å². The van der Waals surface area contributed by atoms with Crippen molar-refractivity contribution in [3.05, 3.63) is 35.7 Å². The van der Waals surface area contributed by atoms with Crippen molar-refractivity contribution in [3.8, 4) is 11.4 Å². The first-order valence-electron chi connectivity index (χ1n) is 8.67. The molecule has 1 aromatic heterocycles. The average Bonchev–Trinajstić information content (AvgIpc) is 3.25. The lowest BCUT2D eigenvalue weighted by atomic mass is 9.92. The zero-order valence-electron chi connectivity index (χ0n) is 14.8. The highest BCUT2D eigenvalue weighted by atomic mass is 16.6. The van der Waals surface area contributed by atoms with Crippen LogP contribution in [0.1, 0.15) is 29.6 Å². The van der Waals surface area contributed by atoms with Gasteiger partial charge in [-0.3, -0.25) is 9.69 Å². The van der Waals surface area contributed by atoms with Gasteiger partial charge >= 0.3 is 6.09 Å². The molecule has 0 radical (unpaired) electrons. The van der Waals surface area contributed by atoms with E-state index in [2.05, 4.69) is 10.1 Å². The molecular formula is C18H20N4O4. The predicted molar refractivity (Wildman–Crippen MR) is 91.5 cm³/mol. The number of benzene rings is 1. The van der Waals surface area contributed by atoms with E-state index in [0.29, 0.717) is 43.5 Å². The third-order valence-corrected chi connectivity index (χ3v) is 5.18. The Hall–Kier alpha value is -2.90. The summed E-state index contributed by atoms with van der Waals surface area (Å²) >= 11 is 0. The van der Waals surface area contributed by atoms with Crippen molar-refractivity contribution in [2.45, 2.75) is 25.8 Å². The van der Waals surface area contributed by atoms with Crippen molar-refractivity contribution in [3.63, 3.8) is 0 Å². The van der Waals surface area contributed by atoms with Crippen molar-refractivity contribution in [1.82, 2.24) is 19.9 Å². The van der Waals surface area contributed by atoms with Crippen LogP contribution in [0.25, 0.3) is 11.4 Å². The number of aryl methyl sites for hydroxylation is 1.